The van der Waals surface area contributed by atoms with Gasteiger partial charge < -0.3 is 9.84 Å². The summed E-state index contributed by atoms with van der Waals surface area (Å²) in [4.78, 5) is 23.0. The van der Waals surface area contributed by atoms with E-state index in [0.717, 1.165) is 36.8 Å². The summed E-state index contributed by atoms with van der Waals surface area (Å²) in [6, 6.07) is 22.1. The molecule has 0 amide bonds. The summed E-state index contributed by atoms with van der Waals surface area (Å²) >= 11 is 0. The van der Waals surface area contributed by atoms with Crippen molar-refractivity contribution in [2.45, 2.75) is 54.9 Å². The molecule has 0 radical (unpaired) electrons. The maximum atomic E-state index is 12.2. The van der Waals surface area contributed by atoms with E-state index < -0.39 is 25.6 Å². The predicted octanol–water partition coefficient (Wildman–Crippen LogP) is 4.65. The van der Waals surface area contributed by atoms with Crippen molar-refractivity contribution in [1.82, 2.24) is 0 Å². The SMILES string of the molecule is O=C(Cc1ccc(S(=O)(=O)CC2CC2)cc1)OCc1ccccc1.O=C(O)Cc1ccc(S(=O)(=O)CC2CC2)cc1. The van der Waals surface area contributed by atoms with E-state index in [1.807, 2.05) is 30.3 Å². The van der Waals surface area contributed by atoms with Crippen LogP contribution in [0.4, 0.5) is 0 Å². The molecule has 2 aliphatic carbocycles. The number of benzene rings is 3. The van der Waals surface area contributed by atoms with Gasteiger partial charge in [0.15, 0.2) is 19.7 Å². The molecule has 0 atom stereocenters. The monoisotopic (exact) mass is 598 g/mol. The topological polar surface area (TPSA) is 132 Å². The summed E-state index contributed by atoms with van der Waals surface area (Å²) in [5, 5.41) is 8.61. The lowest BCUT2D eigenvalue weighted by Crippen LogP contribution is -2.10. The highest BCUT2D eigenvalue weighted by Gasteiger charge is 2.29. The standard InChI is InChI=1S/C19H20O4S.C12H14O4S/c20-19(23-13-16-4-2-1-3-5-16)12-15-8-10-18(11-9-15)24(21,22)14-17-6-7-17;13-12(14)7-9-3-5-11(6-4-9)17(15,16)8-10-1-2-10/h1-5,8-11,17H,6-7,12-14H2;3-6,10H,1-2,7-8H2,(H,13,14). The van der Waals surface area contributed by atoms with E-state index in [9.17, 15) is 26.4 Å². The van der Waals surface area contributed by atoms with Crippen LogP contribution in [0, 0.1) is 11.8 Å². The molecule has 3 aromatic rings. The maximum absolute atomic E-state index is 12.2. The van der Waals surface area contributed by atoms with E-state index >= 15 is 0 Å². The molecule has 0 heterocycles. The second-order valence-corrected chi connectivity index (χ2v) is 14.7. The molecule has 1 N–H and O–H groups in total. The Morgan fingerprint density at radius 1 is 0.634 bits per heavy atom. The van der Waals surface area contributed by atoms with Crippen molar-refractivity contribution in [3.8, 4) is 0 Å². The Balaban J connectivity index is 0.000000201. The molecule has 3 aromatic carbocycles. The average molecular weight is 599 g/mol. The van der Waals surface area contributed by atoms with Gasteiger partial charge in [-0.25, -0.2) is 16.8 Å². The lowest BCUT2D eigenvalue weighted by atomic mass is 10.1. The molecule has 0 unspecified atom stereocenters. The van der Waals surface area contributed by atoms with Crippen LogP contribution in [0.1, 0.15) is 42.4 Å². The van der Waals surface area contributed by atoms with E-state index in [2.05, 4.69) is 0 Å². The van der Waals surface area contributed by atoms with Crippen LogP contribution in [-0.4, -0.2) is 45.4 Å². The molecule has 218 valence electrons. The third-order valence-corrected chi connectivity index (χ3v) is 10.6. The summed E-state index contributed by atoms with van der Waals surface area (Å²) < 4.78 is 53.4. The van der Waals surface area contributed by atoms with Gasteiger partial charge in [-0.2, -0.15) is 0 Å². The van der Waals surface area contributed by atoms with Crippen LogP contribution in [-0.2, 0) is 53.4 Å². The molecule has 41 heavy (non-hydrogen) atoms. The molecule has 5 rings (SSSR count). The van der Waals surface area contributed by atoms with E-state index in [-0.39, 0.29) is 36.9 Å². The minimum atomic E-state index is -3.20. The van der Waals surface area contributed by atoms with Crippen LogP contribution in [0.3, 0.4) is 0 Å². The van der Waals surface area contributed by atoms with E-state index in [1.165, 1.54) is 12.1 Å². The summed E-state index contributed by atoms with van der Waals surface area (Å²) in [6.07, 6.45) is 4.06. The number of hydrogen-bond acceptors (Lipinski definition) is 7. The van der Waals surface area contributed by atoms with Crippen LogP contribution in [0.2, 0.25) is 0 Å². The number of rotatable bonds is 12. The van der Waals surface area contributed by atoms with Crippen LogP contribution >= 0.6 is 0 Å². The average Bonchev–Trinajstić information content (AvgIpc) is 3.87. The normalized spacial score (nSPS) is 14.9. The number of hydrogen-bond donors (Lipinski definition) is 1. The Morgan fingerprint density at radius 3 is 1.49 bits per heavy atom. The minimum Gasteiger partial charge on any atom is -0.481 e. The first-order chi connectivity index (χ1) is 19.5. The highest BCUT2D eigenvalue weighted by Crippen LogP contribution is 2.33. The fraction of sp³-hybridized carbons (Fsp3) is 0.355. The maximum Gasteiger partial charge on any atom is 0.310 e. The molecule has 0 aliphatic heterocycles. The summed E-state index contributed by atoms with van der Waals surface area (Å²) in [7, 11) is -6.39. The van der Waals surface area contributed by atoms with Gasteiger partial charge in [0.2, 0.25) is 0 Å². The Morgan fingerprint density at radius 2 is 1.07 bits per heavy atom. The smallest absolute Gasteiger partial charge is 0.310 e. The van der Waals surface area contributed by atoms with Gasteiger partial charge in [-0.15, -0.1) is 0 Å². The second-order valence-electron chi connectivity index (χ2n) is 10.6. The number of sulfone groups is 2. The Kier molecular flexibility index (Phi) is 9.99. The van der Waals surface area contributed by atoms with Gasteiger partial charge in [-0.1, -0.05) is 54.6 Å². The predicted molar refractivity (Wildman–Crippen MR) is 154 cm³/mol. The zero-order valence-electron chi connectivity index (χ0n) is 22.6. The number of carbonyl (C=O) groups excluding carboxylic acids is 1. The molecule has 2 aliphatic rings. The number of carboxylic acids is 1. The third kappa shape index (κ3) is 10.1. The van der Waals surface area contributed by atoms with Crippen molar-refractivity contribution in [1.29, 1.82) is 0 Å². The van der Waals surface area contributed by atoms with Gasteiger partial charge >= 0.3 is 11.9 Å². The summed E-state index contributed by atoms with van der Waals surface area (Å²) in [5.74, 6) is -0.163. The number of ether oxygens (including phenoxy) is 1. The zero-order chi connectivity index (χ0) is 29.5. The Bertz CT molecular complexity index is 1540. The number of aliphatic carboxylic acids is 1. The van der Waals surface area contributed by atoms with Crippen LogP contribution in [0.15, 0.2) is 88.7 Å². The highest BCUT2D eigenvalue weighted by molar-refractivity contribution is 7.91. The van der Waals surface area contributed by atoms with Gasteiger partial charge in [0.05, 0.1) is 34.1 Å². The van der Waals surface area contributed by atoms with Crippen molar-refractivity contribution in [3.63, 3.8) is 0 Å². The molecule has 0 spiro atoms. The Hall–Kier alpha value is -3.50. The van der Waals surface area contributed by atoms with Crippen molar-refractivity contribution in [2.24, 2.45) is 11.8 Å². The van der Waals surface area contributed by atoms with Gasteiger partial charge in [-0.05, 0) is 78.5 Å². The number of esters is 1. The van der Waals surface area contributed by atoms with E-state index in [0.29, 0.717) is 27.2 Å². The molecular formula is C31H34O8S2. The van der Waals surface area contributed by atoms with E-state index in [4.69, 9.17) is 9.84 Å². The second kappa shape index (κ2) is 13.4. The van der Waals surface area contributed by atoms with Crippen LogP contribution in [0.5, 0.6) is 0 Å². The van der Waals surface area contributed by atoms with Crippen molar-refractivity contribution < 1.29 is 36.3 Å². The first-order valence-electron chi connectivity index (χ1n) is 13.5. The number of carbonyl (C=O) groups is 2. The van der Waals surface area contributed by atoms with E-state index in [1.54, 1.807) is 36.4 Å². The van der Waals surface area contributed by atoms with Gasteiger partial charge in [0.1, 0.15) is 6.61 Å². The quantitative estimate of drug-likeness (QED) is 0.298. The van der Waals surface area contributed by atoms with Gasteiger partial charge in [0.25, 0.3) is 0 Å². The van der Waals surface area contributed by atoms with Crippen LogP contribution < -0.4 is 0 Å². The van der Waals surface area contributed by atoms with Crippen molar-refractivity contribution in [2.75, 3.05) is 11.5 Å². The van der Waals surface area contributed by atoms with Gasteiger partial charge in [0, 0.05) is 0 Å². The fourth-order valence-corrected chi connectivity index (χ4v) is 7.54. The molecule has 0 saturated heterocycles. The first-order valence-corrected chi connectivity index (χ1v) is 16.9. The highest BCUT2D eigenvalue weighted by atomic mass is 32.2. The number of carboxylic acid groups (broad SMARTS) is 1. The zero-order valence-corrected chi connectivity index (χ0v) is 24.3. The Labute approximate surface area is 241 Å². The molecule has 8 nitrogen and oxygen atoms in total. The molecule has 10 heteroatoms. The third-order valence-electron chi connectivity index (χ3n) is 6.82. The van der Waals surface area contributed by atoms with Crippen LogP contribution in [0.25, 0.3) is 0 Å². The molecule has 2 fully saturated rings. The lowest BCUT2D eigenvalue weighted by Gasteiger charge is -2.07. The first kappa shape index (κ1) is 30.5. The van der Waals surface area contributed by atoms with Crippen molar-refractivity contribution in [3.05, 3.63) is 95.6 Å². The lowest BCUT2D eigenvalue weighted by molar-refractivity contribution is -0.144. The summed E-state index contributed by atoms with van der Waals surface area (Å²) in [5.41, 5.74) is 2.30. The molecule has 0 aromatic heterocycles. The van der Waals surface area contributed by atoms with Crippen molar-refractivity contribution >= 4 is 31.6 Å². The summed E-state index contributed by atoms with van der Waals surface area (Å²) in [6.45, 7) is 0.244. The fourth-order valence-electron chi connectivity index (χ4n) is 4.14. The molecule has 0 bridgehead atoms. The largest absolute Gasteiger partial charge is 0.481 e. The molecule has 2 saturated carbocycles. The minimum absolute atomic E-state index is 0.0804. The van der Waals surface area contributed by atoms with Gasteiger partial charge in [-0.3, -0.25) is 9.59 Å². The molecular weight excluding hydrogens is 564 g/mol.